The third-order valence-corrected chi connectivity index (χ3v) is 28.1. The van der Waals surface area contributed by atoms with E-state index in [0.29, 0.717) is 12.3 Å². The fraction of sp³-hybridized carbons (Fsp3) is 0.292. The molecule has 2 fully saturated rings. The average Bonchev–Trinajstić information content (AvgIpc) is 1.04. The van der Waals surface area contributed by atoms with E-state index in [4.69, 9.17) is 9.31 Å². The van der Waals surface area contributed by atoms with Crippen molar-refractivity contribution in [1.82, 2.24) is 20.4 Å². The Balaban J connectivity index is 0.000000178. The molecule has 1 unspecified atom stereocenters. The number of benzene rings is 10. The molecule has 0 radical (unpaired) electrons. The summed E-state index contributed by atoms with van der Waals surface area (Å²) in [6.07, 6.45) is 15.7. The SMILES string of the molecule is C/C=C/CB1OC(C)(C)C(C)(C)O1.C=C[C@@H](C)[C@@H](NP(=O)(c1ccccc1)c1ccccc1)c1ccccc1.CC(C)(C)c1cccc(CN[C@H](C(=O)N2CCCC2)C(C)(C)C)c1O.CC=CCC(NP(=O)(c1ccccc1)c1ccccc1)c1ccccc1.O=P(N=Cc1ccccc1)(c1ccccc1)c1ccccc1. The zero-order chi connectivity index (χ0) is 80.8. The van der Waals surface area contributed by atoms with Crippen molar-refractivity contribution in [3.8, 4) is 5.75 Å². The Bertz CT molecular complexity index is 4570. The van der Waals surface area contributed by atoms with Gasteiger partial charge in [-0.1, -0.05) is 297 Å². The summed E-state index contributed by atoms with van der Waals surface area (Å²) in [5.74, 6) is 0.637. The van der Waals surface area contributed by atoms with E-state index in [9.17, 15) is 23.6 Å². The van der Waals surface area contributed by atoms with Crippen molar-refractivity contribution in [3.05, 3.63) is 356 Å². The highest BCUT2D eigenvalue weighted by molar-refractivity contribution is 7.78. The number of rotatable bonds is 24. The third kappa shape index (κ3) is 24.7. The summed E-state index contributed by atoms with van der Waals surface area (Å²) in [5.41, 5.74) is 4.27. The van der Waals surface area contributed by atoms with E-state index in [2.05, 4.69) is 139 Å². The maximum Gasteiger partial charge on any atom is 0.461 e. The van der Waals surface area contributed by atoms with E-state index in [1.807, 2.05) is 304 Å². The summed E-state index contributed by atoms with van der Waals surface area (Å²) in [6.45, 7) is 33.1. The van der Waals surface area contributed by atoms with Crippen LogP contribution < -0.4 is 47.3 Å². The van der Waals surface area contributed by atoms with Crippen LogP contribution in [0.4, 0.5) is 0 Å². The molecule has 16 heteroatoms. The Hall–Kier alpha value is -9.09. The fourth-order valence-corrected chi connectivity index (χ4v) is 20.1. The molecule has 0 aromatic heterocycles. The van der Waals surface area contributed by atoms with E-state index in [1.165, 1.54) is 0 Å². The first kappa shape index (κ1) is 88.5. The minimum absolute atomic E-state index is 0.0290. The maximum absolute atomic E-state index is 14.3. The van der Waals surface area contributed by atoms with E-state index in [-0.39, 0.29) is 59.1 Å². The minimum atomic E-state index is -3.02. The van der Waals surface area contributed by atoms with Gasteiger partial charge in [-0.3, -0.25) is 28.7 Å². The number of para-hydroxylation sites is 1. The van der Waals surface area contributed by atoms with Crippen LogP contribution in [-0.2, 0) is 39.8 Å². The number of allylic oxidation sites excluding steroid dienone is 3. The van der Waals surface area contributed by atoms with Gasteiger partial charge in [0.2, 0.25) is 27.8 Å². The van der Waals surface area contributed by atoms with Crippen molar-refractivity contribution in [3.63, 3.8) is 0 Å². The number of hydrogen-bond acceptors (Lipinski definition) is 8. The normalized spacial score (nSPS) is 15.3. The van der Waals surface area contributed by atoms with Crippen LogP contribution in [0.3, 0.4) is 0 Å². The Morgan fingerprint density at radius 2 is 0.920 bits per heavy atom. The van der Waals surface area contributed by atoms with Gasteiger partial charge >= 0.3 is 7.12 Å². The lowest BCUT2D eigenvalue weighted by Crippen LogP contribution is -2.52. The highest BCUT2D eigenvalue weighted by Gasteiger charge is 2.50. The minimum Gasteiger partial charge on any atom is -0.507 e. The van der Waals surface area contributed by atoms with Crippen LogP contribution >= 0.6 is 21.9 Å². The monoisotopic (exact) mass is 1560 g/mol. The number of nitrogens with zero attached hydrogens (tertiary/aromatic N) is 2. The molecule has 0 saturated carbocycles. The van der Waals surface area contributed by atoms with Gasteiger partial charge in [-0.25, -0.2) is 4.76 Å². The molecule has 1 amide bonds. The van der Waals surface area contributed by atoms with Crippen molar-refractivity contribution < 1.29 is 32.9 Å². The highest BCUT2D eigenvalue weighted by atomic mass is 31.2. The summed E-state index contributed by atoms with van der Waals surface area (Å²) in [4.78, 5) is 14.9. The molecular formula is C96H117BN5O7P3. The van der Waals surface area contributed by atoms with Gasteiger partial charge in [0.15, 0.2) is 0 Å². The molecule has 2 heterocycles. The third-order valence-electron chi connectivity index (χ3n) is 20.2. The Kier molecular flexibility index (Phi) is 33.3. The molecule has 0 spiro atoms. The summed E-state index contributed by atoms with van der Waals surface area (Å²) >= 11 is 0. The topological polar surface area (TPSA) is 159 Å². The molecule has 4 N–H and O–H groups in total. The number of hydrogen-bond donors (Lipinski definition) is 4. The van der Waals surface area contributed by atoms with Crippen molar-refractivity contribution in [2.45, 2.75) is 157 Å². The Morgan fingerprint density at radius 3 is 1.31 bits per heavy atom. The standard InChI is InChI=1S/2C23H24NOP.C21H34N2O2.C19H16NOP.C10H19BO2/c1-3-19(2)23(20-13-7-4-8-14-20)24-26(25,21-15-9-5-10-16-21)22-17-11-6-12-18-22;1-2-3-19-23(20-13-7-4-8-14-20)24-26(25,21-15-9-5-10-16-21)22-17-11-6-12-18-22;1-20(2,3)16-11-9-10-15(17(16)24)14-22-18(21(4,5)6)19(25)23-12-7-8-13-23;21-22(18-12-6-2-7-13-18,19-14-8-3-9-15-19)20-16-17-10-4-1-5-11-17;1-6-7-8-11-12-9(2,3)10(4,5)13-11/h3-19,23H,1H2,2H3,(H,24,25);2-18,23H,19H2,1H3,(H,24,25);9-11,18,22,24H,7-8,12-14H2,1-6H3;1-16H;6-7H,8H2,1-5H3/b;;;;7-6+/t19-,23-;;18-;;/m1.1../s1. The molecule has 2 aliphatic heterocycles. The lowest BCUT2D eigenvalue weighted by Gasteiger charge is -2.34. The zero-order valence-electron chi connectivity index (χ0n) is 67.9. The van der Waals surface area contributed by atoms with Gasteiger partial charge in [0, 0.05) is 81.6 Å². The van der Waals surface area contributed by atoms with E-state index in [0.717, 1.165) is 98.3 Å². The highest BCUT2D eigenvalue weighted by Crippen LogP contribution is 2.47. The van der Waals surface area contributed by atoms with Crippen molar-refractivity contribution in [1.29, 1.82) is 0 Å². The molecule has 2 aliphatic rings. The predicted octanol–water partition coefficient (Wildman–Crippen LogP) is 20.8. The van der Waals surface area contributed by atoms with Crippen molar-refractivity contribution in [2.24, 2.45) is 16.1 Å². The number of aromatic hydroxyl groups is 1. The van der Waals surface area contributed by atoms with Gasteiger partial charge < -0.3 is 24.6 Å². The number of phenolic OH excluding ortho intramolecular Hbond substituents is 1. The van der Waals surface area contributed by atoms with Crippen LogP contribution in [0.25, 0.3) is 0 Å². The second-order valence-corrected chi connectivity index (χ2v) is 38.7. The molecule has 12 nitrogen and oxygen atoms in total. The molecule has 10 aromatic rings. The van der Waals surface area contributed by atoms with E-state index >= 15 is 0 Å². The number of carbonyl (C=O) groups excluding carboxylic acids is 1. The molecule has 0 aliphatic carbocycles. The van der Waals surface area contributed by atoms with Gasteiger partial charge in [-0.2, -0.15) is 0 Å². The Morgan fingerprint density at radius 1 is 0.536 bits per heavy atom. The van der Waals surface area contributed by atoms with E-state index in [1.54, 1.807) is 6.21 Å². The largest absolute Gasteiger partial charge is 0.507 e. The van der Waals surface area contributed by atoms with Crippen LogP contribution in [-0.4, -0.2) is 59.6 Å². The number of nitrogens with one attached hydrogen (secondary N) is 3. The first-order valence-electron chi connectivity index (χ1n) is 39.0. The first-order valence-corrected chi connectivity index (χ1v) is 44.1. The molecule has 10 aromatic carbocycles. The average molecular weight is 1560 g/mol. The first-order chi connectivity index (χ1) is 53.6. The summed E-state index contributed by atoms with van der Waals surface area (Å²) in [6, 6.07) is 93.2. The van der Waals surface area contributed by atoms with E-state index < -0.39 is 21.9 Å². The second kappa shape index (κ2) is 42.2. The number of carbonyl (C=O) groups is 1. The summed E-state index contributed by atoms with van der Waals surface area (Å²) in [7, 11) is -9.08. The number of phenols is 1. The lowest BCUT2D eigenvalue weighted by molar-refractivity contribution is -0.135. The van der Waals surface area contributed by atoms with Gasteiger partial charge in [0.1, 0.15) is 5.75 Å². The molecule has 112 heavy (non-hydrogen) atoms. The zero-order valence-corrected chi connectivity index (χ0v) is 70.5. The van der Waals surface area contributed by atoms with Crippen LogP contribution in [0.2, 0.25) is 6.32 Å². The molecule has 4 atom stereocenters. The van der Waals surface area contributed by atoms with Gasteiger partial charge in [0.05, 0.1) is 17.2 Å². The molecule has 12 rings (SSSR count). The van der Waals surface area contributed by atoms with Crippen LogP contribution in [0, 0.1) is 11.3 Å². The quantitative estimate of drug-likeness (QED) is 0.0199. The Labute approximate surface area is 669 Å². The van der Waals surface area contributed by atoms with Crippen LogP contribution in [0.5, 0.6) is 5.75 Å². The molecular weight excluding hydrogens is 1440 g/mol. The van der Waals surface area contributed by atoms with Gasteiger partial charge in [-0.05, 0) is 173 Å². The van der Waals surface area contributed by atoms with Gasteiger partial charge in [-0.15, -0.1) is 6.58 Å². The second-order valence-electron chi connectivity index (χ2n) is 31.2. The maximum atomic E-state index is 14.3. The molecule has 0 bridgehead atoms. The molecule has 586 valence electrons. The summed E-state index contributed by atoms with van der Waals surface area (Å²) in [5, 5.41) is 25.9. The van der Waals surface area contributed by atoms with Gasteiger partial charge in [0.25, 0.3) is 0 Å². The summed E-state index contributed by atoms with van der Waals surface area (Å²) < 4.78 is 58.2. The van der Waals surface area contributed by atoms with Crippen LogP contribution in [0.15, 0.2) is 333 Å². The molecule has 2 saturated heterocycles. The number of amides is 1. The predicted molar refractivity (Wildman–Crippen MR) is 475 cm³/mol. The lowest BCUT2D eigenvalue weighted by atomic mass is 9.84. The van der Waals surface area contributed by atoms with Crippen molar-refractivity contribution >= 4 is 72.9 Å². The van der Waals surface area contributed by atoms with Crippen molar-refractivity contribution in [2.75, 3.05) is 13.1 Å². The number of likely N-dealkylation sites (tertiary alicyclic amines) is 1. The smallest absolute Gasteiger partial charge is 0.461 e. The van der Waals surface area contributed by atoms with Crippen LogP contribution in [0.1, 0.15) is 149 Å². The fourth-order valence-electron chi connectivity index (χ4n) is 13.0.